The first-order chi connectivity index (χ1) is 14.1. The molecule has 0 N–H and O–H groups in total. The minimum absolute atomic E-state index is 0.249. The van der Waals surface area contributed by atoms with Gasteiger partial charge in [-0.2, -0.15) is 0 Å². The standard InChI is InChI=1S/C24H29FN2O2S/c1-24(2,3)30(28,29)15-16-8-10-17(11-9-16)18-12-21-22(13-18)27-23(14-26-21)19-6-4-5-7-20(19)25/h4-7,13-14,16-17H,8-12,15H2,1-3H3. The summed E-state index contributed by atoms with van der Waals surface area (Å²) in [6.07, 6.45) is 8.44. The molecular weight excluding hydrogens is 399 g/mol. The third-order valence-corrected chi connectivity index (χ3v) is 9.26. The van der Waals surface area contributed by atoms with Crippen LogP contribution >= 0.6 is 0 Å². The van der Waals surface area contributed by atoms with Crippen LogP contribution in [-0.4, -0.2) is 28.9 Å². The monoisotopic (exact) mass is 428 g/mol. The molecular formula is C24H29FN2O2S. The van der Waals surface area contributed by atoms with Crippen molar-refractivity contribution in [2.24, 2.45) is 11.8 Å². The van der Waals surface area contributed by atoms with Crippen molar-refractivity contribution in [1.29, 1.82) is 0 Å². The predicted molar refractivity (Wildman–Crippen MR) is 118 cm³/mol. The van der Waals surface area contributed by atoms with Crippen molar-refractivity contribution in [2.45, 2.75) is 57.6 Å². The van der Waals surface area contributed by atoms with Crippen LogP contribution in [0.1, 0.15) is 57.8 Å². The van der Waals surface area contributed by atoms with E-state index in [1.165, 1.54) is 11.6 Å². The molecule has 6 heteroatoms. The quantitative estimate of drug-likeness (QED) is 0.668. The zero-order valence-electron chi connectivity index (χ0n) is 17.9. The Balaban J connectivity index is 1.43. The number of benzene rings is 1. The molecule has 2 aromatic rings. The Bertz CT molecular complexity index is 1080. The van der Waals surface area contributed by atoms with Crippen LogP contribution in [0.25, 0.3) is 17.3 Å². The molecule has 2 aliphatic rings. The van der Waals surface area contributed by atoms with E-state index in [2.05, 4.69) is 16.0 Å². The second-order valence-electron chi connectivity index (χ2n) is 9.57. The van der Waals surface area contributed by atoms with Crippen LogP contribution in [0.3, 0.4) is 0 Å². The van der Waals surface area contributed by atoms with Gasteiger partial charge in [-0.15, -0.1) is 0 Å². The summed E-state index contributed by atoms with van der Waals surface area (Å²) in [7, 11) is -3.08. The highest BCUT2D eigenvalue weighted by atomic mass is 32.2. The SMILES string of the molecule is CC(C)(C)S(=O)(=O)CC1CCC(C2=Cc3nc(-c4ccccc4F)cnc3C2)CC1. The van der Waals surface area contributed by atoms with E-state index in [0.717, 1.165) is 43.5 Å². The highest BCUT2D eigenvalue weighted by molar-refractivity contribution is 7.92. The molecule has 2 aliphatic carbocycles. The molecule has 0 saturated heterocycles. The van der Waals surface area contributed by atoms with Crippen molar-refractivity contribution in [1.82, 2.24) is 9.97 Å². The second-order valence-corrected chi connectivity index (χ2v) is 12.4. The van der Waals surface area contributed by atoms with E-state index in [1.807, 2.05) is 0 Å². The Labute approximate surface area is 178 Å². The molecule has 1 heterocycles. The number of rotatable bonds is 4. The Morgan fingerprint density at radius 3 is 2.47 bits per heavy atom. The summed E-state index contributed by atoms with van der Waals surface area (Å²) < 4.78 is 38.5. The van der Waals surface area contributed by atoms with Gasteiger partial charge >= 0.3 is 0 Å². The molecule has 160 valence electrons. The van der Waals surface area contributed by atoms with Crippen LogP contribution in [0.5, 0.6) is 0 Å². The molecule has 1 saturated carbocycles. The highest BCUT2D eigenvalue weighted by Gasteiger charge is 2.34. The minimum Gasteiger partial charge on any atom is -0.256 e. The molecule has 0 amide bonds. The summed E-state index contributed by atoms with van der Waals surface area (Å²) in [6, 6.07) is 6.62. The first-order valence-electron chi connectivity index (χ1n) is 10.7. The van der Waals surface area contributed by atoms with E-state index < -0.39 is 14.6 Å². The van der Waals surface area contributed by atoms with Gasteiger partial charge in [-0.05, 0) is 76.5 Å². The van der Waals surface area contributed by atoms with E-state index in [9.17, 15) is 12.8 Å². The fourth-order valence-corrected chi connectivity index (χ4v) is 5.88. The summed E-state index contributed by atoms with van der Waals surface area (Å²) in [5.74, 6) is 0.695. The van der Waals surface area contributed by atoms with E-state index >= 15 is 0 Å². The average Bonchev–Trinajstić information content (AvgIpc) is 3.11. The fourth-order valence-electron chi connectivity index (χ4n) is 4.42. The van der Waals surface area contributed by atoms with Crippen LogP contribution in [0.4, 0.5) is 4.39 Å². The normalized spacial score (nSPS) is 21.9. The van der Waals surface area contributed by atoms with Crippen molar-refractivity contribution < 1.29 is 12.8 Å². The van der Waals surface area contributed by atoms with Gasteiger partial charge in [0.15, 0.2) is 9.84 Å². The molecule has 4 rings (SSSR count). The van der Waals surface area contributed by atoms with Crippen molar-refractivity contribution >= 4 is 15.9 Å². The molecule has 1 aromatic carbocycles. The lowest BCUT2D eigenvalue weighted by Crippen LogP contribution is -2.34. The zero-order valence-corrected chi connectivity index (χ0v) is 18.7. The molecule has 0 atom stereocenters. The van der Waals surface area contributed by atoms with E-state index in [4.69, 9.17) is 0 Å². The van der Waals surface area contributed by atoms with Crippen molar-refractivity contribution in [2.75, 3.05) is 5.75 Å². The first kappa shape index (κ1) is 21.2. The number of halogens is 1. The number of aromatic nitrogens is 2. The summed E-state index contributed by atoms with van der Waals surface area (Å²) >= 11 is 0. The highest BCUT2D eigenvalue weighted by Crippen LogP contribution is 2.39. The van der Waals surface area contributed by atoms with Crippen LogP contribution in [-0.2, 0) is 16.3 Å². The van der Waals surface area contributed by atoms with Gasteiger partial charge in [0.2, 0.25) is 0 Å². The van der Waals surface area contributed by atoms with E-state index in [0.29, 0.717) is 17.2 Å². The molecule has 0 unspecified atom stereocenters. The molecule has 1 aromatic heterocycles. The third-order valence-electron chi connectivity index (χ3n) is 6.48. The lowest BCUT2D eigenvalue weighted by atomic mass is 9.79. The molecule has 30 heavy (non-hydrogen) atoms. The Hall–Kier alpha value is -2.08. The average molecular weight is 429 g/mol. The maximum absolute atomic E-state index is 14.1. The Morgan fingerprint density at radius 2 is 1.80 bits per heavy atom. The zero-order chi connectivity index (χ0) is 21.5. The van der Waals surface area contributed by atoms with E-state index in [1.54, 1.807) is 45.2 Å². The summed E-state index contributed by atoms with van der Waals surface area (Å²) in [6.45, 7) is 5.35. The van der Waals surface area contributed by atoms with Gasteiger partial charge in [-0.25, -0.2) is 17.8 Å². The summed E-state index contributed by atoms with van der Waals surface area (Å²) in [5, 5.41) is 0. The number of sulfone groups is 1. The number of fused-ring (bicyclic) bond motifs is 1. The lowest BCUT2D eigenvalue weighted by Gasteiger charge is -2.31. The summed E-state index contributed by atoms with van der Waals surface area (Å²) in [5.41, 5.74) is 4.13. The van der Waals surface area contributed by atoms with E-state index in [-0.39, 0.29) is 17.5 Å². The van der Waals surface area contributed by atoms with Crippen LogP contribution in [0.15, 0.2) is 36.0 Å². The molecule has 1 fully saturated rings. The molecule has 0 aliphatic heterocycles. The molecule has 4 nitrogen and oxygen atoms in total. The molecule has 0 radical (unpaired) electrons. The predicted octanol–water partition coefficient (Wildman–Crippen LogP) is 5.24. The van der Waals surface area contributed by atoms with Crippen LogP contribution in [0.2, 0.25) is 0 Å². The number of hydrogen-bond donors (Lipinski definition) is 0. The lowest BCUT2D eigenvalue weighted by molar-refractivity contribution is 0.319. The van der Waals surface area contributed by atoms with Crippen LogP contribution in [0, 0.1) is 17.7 Å². The van der Waals surface area contributed by atoms with Gasteiger partial charge in [0.25, 0.3) is 0 Å². The van der Waals surface area contributed by atoms with Gasteiger partial charge in [0, 0.05) is 12.0 Å². The second kappa shape index (κ2) is 7.88. The third kappa shape index (κ3) is 4.20. The van der Waals surface area contributed by atoms with Gasteiger partial charge in [-0.3, -0.25) is 4.98 Å². The molecule has 0 spiro atoms. The number of nitrogens with zero attached hydrogens (tertiary/aromatic N) is 2. The fraction of sp³-hybridized carbons (Fsp3) is 0.500. The van der Waals surface area contributed by atoms with Gasteiger partial charge in [0.05, 0.1) is 33.8 Å². The topological polar surface area (TPSA) is 59.9 Å². The number of allylic oxidation sites excluding steroid dienone is 1. The number of hydrogen-bond acceptors (Lipinski definition) is 4. The van der Waals surface area contributed by atoms with Gasteiger partial charge in [-0.1, -0.05) is 17.7 Å². The Morgan fingerprint density at radius 1 is 1.10 bits per heavy atom. The smallest absolute Gasteiger partial charge is 0.155 e. The summed E-state index contributed by atoms with van der Waals surface area (Å²) in [4.78, 5) is 9.21. The minimum atomic E-state index is -3.08. The Kier molecular flexibility index (Phi) is 5.56. The van der Waals surface area contributed by atoms with Crippen molar-refractivity contribution in [3.8, 4) is 11.3 Å². The first-order valence-corrected chi connectivity index (χ1v) is 12.3. The van der Waals surface area contributed by atoms with Crippen molar-refractivity contribution in [3.05, 3.63) is 53.2 Å². The van der Waals surface area contributed by atoms with Crippen molar-refractivity contribution in [3.63, 3.8) is 0 Å². The maximum Gasteiger partial charge on any atom is 0.155 e. The maximum atomic E-state index is 14.1. The van der Waals surface area contributed by atoms with Gasteiger partial charge < -0.3 is 0 Å². The molecule has 0 bridgehead atoms. The van der Waals surface area contributed by atoms with Gasteiger partial charge in [0.1, 0.15) is 5.82 Å². The largest absolute Gasteiger partial charge is 0.256 e. The van der Waals surface area contributed by atoms with Crippen LogP contribution < -0.4 is 0 Å².